The lowest BCUT2D eigenvalue weighted by Gasteiger charge is -2.22. The number of esters is 1. The molecule has 1 heterocycles. The Balaban J connectivity index is 1.88. The first-order chi connectivity index (χ1) is 9.96. The lowest BCUT2D eigenvalue weighted by atomic mass is 9.98. The molecule has 1 amide bonds. The number of carbonyl (C=O) groups excluding carboxylic acids is 2. The molecule has 7 heteroatoms. The van der Waals surface area contributed by atoms with Crippen molar-refractivity contribution in [1.29, 1.82) is 5.26 Å². The number of hydrogen-bond donors (Lipinski definition) is 1. The third-order valence-corrected chi connectivity index (χ3v) is 3.39. The minimum atomic E-state index is -0.936. The number of nitriles is 1. The summed E-state index contributed by atoms with van der Waals surface area (Å²) >= 11 is 0. The van der Waals surface area contributed by atoms with E-state index in [0.717, 1.165) is 19.0 Å². The van der Waals surface area contributed by atoms with Gasteiger partial charge in [0.05, 0.1) is 6.07 Å². The number of rotatable bonds is 5. The summed E-state index contributed by atoms with van der Waals surface area (Å²) in [6.45, 7) is 1.12. The predicted molar refractivity (Wildman–Crippen MR) is 70.6 cm³/mol. The van der Waals surface area contributed by atoms with Crippen molar-refractivity contribution in [3.05, 3.63) is 35.3 Å². The lowest BCUT2D eigenvalue weighted by Crippen LogP contribution is -2.48. The Hall–Kier alpha value is -2.62. The maximum atomic E-state index is 11.7. The second kappa shape index (κ2) is 5.79. The quantitative estimate of drug-likeness (QED) is 0.476. The summed E-state index contributed by atoms with van der Waals surface area (Å²) in [6.07, 6.45) is 2.95. The van der Waals surface area contributed by atoms with Gasteiger partial charge in [-0.1, -0.05) is 0 Å². The largest absolute Gasteiger partial charge is 0.618 e. The van der Waals surface area contributed by atoms with Crippen LogP contribution in [0.2, 0.25) is 0 Å². The van der Waals surface area contributed by atoms with Crippen molar-refractivity contribution in [1.82, 2.24) is 5.32 Å². The van der Waals surface area contributed by atoms with Gasteiger partial charge in [0.25, 0.3) is 5.91 Å². The molecule has 110 valence electrons. The number of nitrogens with one attached hydrogen (secondary N) is 1. The van der Waals surface area contributed by atoms with Gasteiger partial charge in [-0.2, -0.15) is 9.99 Å². The number of nitrogens with zero attached hydrogens (tertiary/aromatic N) is 2. The molecule has 0 saturated heterocycles. The molecule has 0 aromatic carbocycles. The molecule has 0 radical (unpaired) electrons. The molecule has 1 fully saturated rings. The van der Waals surface area contributed by atoms with Crippen molar-refractivity contribution in [3.63, 3.8) is 0 Å². The van der Waals surface area contributed by atoms with Crippen molar-refractivity contribution in [2.75, 3.05) is 6.61 Å². The van der Waals surface area contributed by atoms with E-state index in [9.17, 15) is 14.8 Å². The van der Waals surface area contributed by atoms with Crippen LogP contribution in [0.25, 0.3) is 0 Å². The molecular weight excluding hydrogens is 274 g/mol. The first-order valence-electron chi connectivity index (χ1n) is 6.54. The minimum Gasteiger partial charge on any atom is -0.618 e. The summed E-state index contributed by atoms with van der Waals surface area (Å²) in [5, 5.41) is 23.0. The normalized spacial score (nSPS) is 16.4. The molecule has 0 spiro atoms. The zero-order valence-electron chi connectivity index (χ0n) is 11.5. The number of pyridine rings is 1. The second-order valence-electron chi connectivity index (χ2n) is 5.12. The molecule has 2 rings (SSSR count). The van der Waals surface area contributed by atoms with Gasteiger partial charge in [-0.25, -0.2) is 4.79 Å². The third-order valence-electron chi connectivity index (χ3n) is 3.39. The topological polar surface area (TPSA) is 106 Å². The standard InChI is InChI=1S/C14H15N3O4/c1-14(9-15,10-5-6-10)16-12(18)8-21-13(19)11-4-2-3-7-17(11)20/h2-4,7,10H,5-6,8H2,1H3,(H,16,18)/t14-/m1/s1. The predicted octanol–water partition coefficient (Wildman–Crippen LogP) is 0.285. The van der Waals surface area contributed by atoms with E-state index in [1.54, 1.807) is 6.92 Å². The summed E-state index contributed by atoms with van der Waals surface area (Å²) in [5.74, 6) is -1.31. The smallest absolute Gasteiger partial charge is 0.405 e. The number of ether oxygens (including phenoxy) is 1. The van der Waals surface area contributed by atoms with Crippen LogP contribution < -0.4 is 10.0 Å². The second-order valence-corrected chi connectivity index (χ2v) is 5.12. The van der Waals surface area contributed by atoms with Gasteiger partial charge < -0.3 is 15.3 Å². The molecule has 1 aliphatic rings. The molecule has 1 aliphatic carbocycles. The van der Waals surface area contributed by atoms with E-state index < -0.39 is 24.0 Å². The summed E-state index contributed by atoms with van der Waals surface area (Å²) in [7, 11) is 0. The Morgan fingerprint density at radius 2 is 2.29 bits per heavy atom. The van der Waals surface area contributed by atoms with Crippen LogP contribution >= 0.6 is 0 Å². The summed E-state index contributed by atoms with van der Waals surface area (Å²) in [6, 6.07) is 6.37. The zero-order chi connectivity index (χ0) is 15.5. The highest BCUT2D eigenvalue weighted by atomic mass is 16.5. The molecule has 21 heavy (non-hydrogen) atoms. The fourth-order valence-corrected chi connectivity index (χ4v) is 2.00. The lowest BCUT2D eigenvalue weighted by molar-refractivity contribution is -0.608. The van der Waals surface area contributed by atoms with Crippen LogP contribution in [0.5, 0.6) is 0 Å². The molecule has 7 nitrogen and oxygen atoms in total. The van der Waals surface area contributed by atoms with Crippen LogP contribution in [0, 0.1) is 22.5 Å². The first kappa shape index (κ1) is 14.8. The molecule has 1 aromatic rings. The average Bonchev–Trinajstić information content (AvgIpc) is 3.30. The average molecular weight is 289 g/mol. The first-order valence-corrected chi connectivity index (χ1v) is 6.54. The Morgan fingerprint density at radius 3 is 2.86 bits per heavy atom. The zero-order valence-corrected chi connectivity index (χ0v) is 11.5. The number of aromatic nitrogens is 1. The van der Waals surface area contributed by atoms with Crippen LogP contribution in [0.4, 0.5) is 0 Å². The summed E-state index contributed by atoms with van der Waals surface area (Å²) < 4.78 is 5.14. The fourth-order valence-electron chi connectivity index (χ4n) is 2.00. The Morgan fingerprint density at radius 1 is 1.57 bits per heavy atom. The highest BCUT2D eigenvalue weighted by molar-refractivity contribution is 5.88. The SMILES string of the molecule is C[C@](C#N)(NC(=O)COC(=O)c1cccc[n+]1[O-])C1CC1. The minimum absolute atomic E-state index is 0.139. The van der Waals surface area contributed by atoms with Crippen molar-refractivity contribution in [2.45, 2.75) is 25.3 Å². The van der Waals surface area contributed by atoms with E-state index in [-0.39, 0.29) is 11.6 Å². The maximum absolute atomic E-state index is 11.7. The van der Waals surface area contributed by atoms with Gasteiger partial charge in [0, 0.05) is 12.1 Å². The highest BCUT2D eigenvalue weighted by Gasteiger charge is 2.43. The van der Waals surface area contributed by atoms with Crippen LogP contribution in [-0.4, -0.2) is 24.0 Å². The monoisotopic (exact) mass is 289 g/mol. The van der Waals surface area contributed by atoms with Gasteiger partial charge in [-0.3, -0.25) is 4.79 Å². The molecular formula is C14H15N3O4. The van der Waals surface area contributed by atoms with Crippen molar-refractivity contribution < 1.29 is 19.1 Å². The van der Waals surface area contributed by atoms with Gasteiger partial charge in [0.1, 0.15) is 5.54 Å². The summed E-state index contributed by atoms with van der Waals surface area (Å²) in [4.78, 5) is 23.4. The third kappa shape index (κ3) is 3.48. The Kier molecular flexibility index (Phi) is 4.08. The van der Waals surface area contributed by atoms with Gasteiger partial charge in [-0.05, 0) is 31.7 Å². The van der Waals surface area contributed by atoms with E-state index in [1.165, 1.54) is 18.2 Å². The molecule has 1 aromatic heterocycles. The number of hydrogen-bond acceptors (Lipinski definition) is 5. The number of amides is 1. The van der Waals surface area contributed by atoms with Crippen LogP contribution in [0.15, 0.2) is 24.4 Å². The van der Waals surface area contributed by atoms with E-state index in [4.69, 9.17) is 10.00 Å². The number of carbonyl (C=O) groups is 2. The van der Waals surface area contributed by atoms with E-state index in [2.05, 4.69) is 11.4 Å². The molecule has 0 aliphatic heterocycles. The van der Waals surface area contributed by atoms with Gasteiger partial charge in [-0.15, -0.1) is 0 Å². The van der Waals surface area contributed by atoms with E-state index in [1.807, 2.05) is 0 Å². The Bertz CT molecular complexity index is 606. The summed E-state index contributed by atoms with van der Waals surface area (Å²) in [5.41, 5.74) is -1.13. The fraction of sp³-hybridized carbons (Fsp3) is 0.429. The Labute approximate surface area is 121 Å². The molecule has 0 bridgehead atoms. The highest BCUT2D eigenvalue weighted by Crippen LogP contribution is 2.39. The molecule has 1 N–H and O–H groups in total. The van der Waals surface area contributed by atoms with Gasteiger partial charge >= 0.3 is 11.7 Å². The molecule has 1 saturated carbocycles. The van der Waals surface area contributed by atoms with Crippen molar-refractivity contribution in [3.8, 4) is 6.07 Å². The van der Waals surface area contributed by atoms with Crippen LogP contribution in [-0.2, 0) is 9.53 Å². The van der Waals surface area contributed by atoms with E-state index in [0.29, 0.717) is 4.73 Å². The molecule has 0 unspecified atom stereocenters. The van der Waals surface area contributed by atoms with Crippen LogP contribution in [0.3, 0.4) is 0 Å². The van der Waals surface area contributed by atoms with Gasteiger partial charge in [0.2, 0.25) is 0 Å². The maximum Gasteiger partial charge on any atom is 0.405 e. The van der Waals surface area contributed by atoms with Crippen molar-refractivity contribution >= 4 is 11.9 Å². The molecule has 1 atom stereocenters. The van der Waals surface area contributed by atoms with E-state index >= 15 is 0 Å². The van der Waals surface area contributed by atoms with Gasteiger partial charge in [0.15, 0.2) is 12.8 Å². The van der Waals surface area contributed by atoms with Crippen molar-refractivity contribution in [2.24, 2.45) is 5.92 Å². The van der Waals surface area contributed by atoms with Crippen LogP contribution in [0.1, 0.15) is 30.3 Å².